The summed E-state index contributed by atoms with van der Waals surface area (Å²) in [6.45, 7) is 0.686. The van der Waals surface area contributed by atoms with Gasteiger partial charge < -0.3 is 4.74 Å². The van der Waals surface area contributed by atoms with Crippen LogP contribution in [0.1, 0.15) is 5.56 Å². The largest absolute Gasteiger partial charge is 0.493 e. The molecule has 0 aliphatic heterocycles. The second-order valence-corrected chi connectivity index (χ2v) is 4.44. The SMILES string of the molecule is c1ccc(CCOc2cccc3cnccc23)cc1. The van der Waals surface area contributed by atoms with Crippen molar-refractivity contribution < 1.29 is 4.74 Å². The van der Waals surface area contributed by atoms with Crippen LogP contribution in [0.2, 0.25) is 0 Å². The highest BCUT2D eigenvalue weighted by Gasteiger charge is 2.01. The lowest BCUT2D eigenvalue weighted by molar-refractivity contribution is 0.326. The van der Waals surface area contributed by atoms with Crippen LogP contribution in [0.25, 0.3) is 10.8 Å². The molecule has 0 unspecified atom stereocenters. The van der Waals surface area contributed by atoms with E-state index in [9.17, 15) is 0 Å². The van der Waals surface area contributed by atoms with Crippen molar-refractivity contribution in [3.8, 4) is 5.75 Å². The summed E-state index contributed by atoms with van der Waals surface area (Å²) in [5, 5.41) is 2.23. The Bertz CT molecular complexity index is 659. The van der Waals surface area contributed by atoms with Crippen LogP contribution in [-0.2, 0) is 6.42 Å². The van der Waals surface area contributed by atoms with Gasteiger partial charge in [-0.1, -0.05) is 42.5 Å². The summed E-state index contributed by atoms with van der Waals surface area (Å²) in [6.07, 6.45) is 4.58. The van der Waals surface area contributed by atoms with Crippen LogP contribution < -0.4 is 4.74 Å². The fraction of sp³-hybridized carbons (Fsp3) is 0.118. The Labute approximate surface area is 112 Å². The van der Waals surface area contributed by atoms with Gasteiger partial charge in [0.2, 0.25) is 0 Å². The molecule has 3 rings (SSSR count). The van der Waals surface area contributed by atoms with E-state index in [1.54, 1.807) is 6.20 Å². The Morgan fingerprint density at radius 1 is 0.895 bits per heavy atom. The summed E-state index contributed by atoms with van der Waals surface area (Å²) in [4.78, 5) is 4.13. The fourth-order valence-electron chi connectivity index (χ4n) is 2.14. The van der Waals surface area contributed by atoms with Crippen molar-refractivity contribution in [2.75, 3.05) is 6.61 Å². The van der Waals surface area contributed by atoms with Crippen LogP contribution >= 0.6 is 0 Å². The van der Waals surface area contributed by atoms with E-state index in [1.165, 1.54) is 5.56 Å². The second kappa shape index (κ2) is 5.53. The van der Waals surface area contributed by atoms with Crippen LogP contribution in [0, 0.1) is 0 Å². The summed E-state index contributed by atoms with van der Waals surface area (Å²) in [6, 6.07) is 18.4. The number of hydrogen-bond acceptors (Lipinski definition) is 2. The molecule has 0 N–H and O–H groups in total. The van der Waals surface area contributed by atoms with Crippen LogP contribution in [0.4, 0.5) is 0 Å². The average Bonchev–Trinajstić information content (AvgIpc) is 2.49. The molecule has 0 amide bonds. The molecule has 1 aromatic heterocycles. The highest BCUT2D eigenvalue weighted by atomic mass is 16.5. The normalized spacial score (nSPS) is 10.5. The van der Waals surface area contributed by atoms with Crippen LogP contribution in [0.3, 0.4) is 0 Å². The van der Waals surface area contributed by atoms with Crippen molar-refractivity contribution >= 4 is 10.8 Å². The molecule has 0 bridgehead atoms. The molecule has 0 saturated carbocycles. The maximum atomic E-state index is 5.90. The summed E-state index contributed by atoms with van der Waals surface area (Å²) < 4.78 is 5.90. The molecular weight excluding hydrogens is 234 g/mol. The van der Waals surface area contributed by atoms with E-state index in [1.807, 2.05) is 36.5 Å². The molecule has 0 fully saturated rings. The van der Waals surface area contributed by atoms with Crippen molar-refractivity contribution in [1.82, 2.24) is 4.98 Å². The molecular formula is C17H15NO. The Kier molecular flexibility index (Phi) is 3.41. The van der Waals surface area contributed by atoms with Gasteiger partial charge in [-0.25, -0.2) is 0 Å². The summed E-state index contributed by atoms with van der Waals surface area (Å²) in [5.41, 5.74) is 1.30. The monoisotopic (exact) mass is 249 g/mol. The minimum atomic E-state index is 0.686. The lowest BCUT2D eigenvalue weighted by Gasteiger charge is -2.09. The Morgan fingerprint density at radius 3 is 2.68 bits per heavy atom. The molecule has 2 aromatic carbocycles. The van der Waals surface area contributed by atoms with Gasteiger partial charge in [-0.2, -0.15) is 0 Å². The molecule has 0 aliphatic carbocycles. The predicted molar refractivity (Wildman–Crippen MR) is 77.4 cm³/mol. The Balaban J connectivity index is 1.72. The molecule has 0 aliphatic rings. The van der Waals surface area contributed by atoms with Gasteiger partial charge in [0.25, 0.3) is 0 Å². The highest BCUT2D eigenvalue weighted by Crippen LogP contribution is 2.24. The predicted octanol–water partition coefficient (Wildman–Crippen LogP) is 3.86. The molecule has 0 saturated heterocycles. The smallest absolute Gasteiger partial charge is 0.127 e. The maximum Gasteiger partial charge on any atom is 0.127 e. The van der Waals surface area contributed by atoms with Gasteiger partial charge in [-0.15, -0.1) is 0 Å². The van der Waals surface area contributed by atoms with E-state index < -0.39 is 0 Å². The zero-order valence-electron chi connectivity index (χ0n) is 10.6. The number of ether oxygens (including phenoxy) is 1. The van der Waals surface area contributed by atoms with E-state index in [4.69, 9.17) is 4.74 Å². The maximum absolute atomic E-state index is 5.90. The average molecular weight is 249 g/mol. The van der Waals surface area contributed by atoms with Crippen molar-refractivity contribution in [2.24, 2.45) is 0 Å². The van der Waals surface area contributed by atoms with Crippen molar-refractivity contribution in [3.63, 3.8) is 0 Å². The molecule has 1 heterocycles. The molecule has 3 aromatic rings. The molecule has 0 atom stereocenters. The van der Waals surface area contributed by atoms with E-state index in [0.29, 0.717) is 6.61 Å². The summed E-state index contributed by atoms with van der Waals surface area (Å²) in [5.74, 6) is 0.927. The van der Waals surface area contributed by atoms with Gasteiger partial charge in [0.05, 0.1) is 6.61 Å². The number of hydrogen-bond donors (Lipinski definition) is 0. The van der Waals surface area contributed by atoms with E-state index in [0.717, 1.165) is 22.9 Å². The van der Waals surface area contributed by atoms with E-state index in [2.05, 4.69) is 29.2 Å². The summed E-state index contributed by atoms with van der Waals surface area (Å²) >= 11 is 0. The third-order valence-electron chi connectivity index (χ3n) is 3.13. The molecule has 19 heavy (non-hydrogen) atoms. The number of nitrogens with zero attached hydrogens (tertiary/aromatic N) is 1. The van der Waals surface area contributed by atoms with Gasteiger partial charge in [0, 0.05) is 29.6 Å². The Morgan fingerprint density at radius 2 is 1.79 bits per heavy atom. The van der Waals surface area contributed by atoms with E-state index in [-0.39, 0.29) is 0 Å². The van der Waals surface area contributed by atoms with Crippen LogP contribution in [0.5, 0.6) is 5.75 Å². The number of rotatable bonds is 4. The molecule has 2 heteroatoms. The van der Waals surface area contributed by atoms with Crippen molar-refractivity contribution in [2.45, 2.75) is 6.42 Å². The van der Waals surface area contributed by atoms with Crippen molar-refractivity contribution in [1.29, 1.82) is 0 Å². The standard InChI is InChI=1S/C17H15NO/c1-2-5-14(6-3-1)10-12-19-17-8-4-7-15-13-18-11-9-16(15)17/h1-9,11,13H,10,12H2. The van der Waals surface area contributed by atoms with Gasteiger partial charge in [-0.05, 0) is 17.7 Å². The second-order valence-electron chi connectivity index (χ2n) is 4.44. The van der Waals surface area contributed by atoms with Crippen LogP contribution in [-0.4, -0.2) is 11.6 Å². The topological polar surface area (TPSA) is 22.1 Å². The van der Waals surface area contributed by atoms with Gasteiger partial charge in [0.15, 0.2) is 0 Å². The first-order valence-electron chi connectivity index (χ1n) is 6.43. The molecule has 94 valence electrons. The highest BCUT2D eigenvalue weighted by molar-refractivity contribution is 5.87. The lowest BCUT2D eigenvalue weighted by atomic mass is 10.1. The molecule has 2 nitrogen and oxygen atoms in total. The van der Waals surface area contributed by atoms with Crippen LogP contribution in [0.15, 0.2) is 67.0 Å². The molecule has 0 radical (unpaired) electrons. The van der Waals surface area contributed by atoms with Crippen molar-refractivity contribution in [3.05, 3.63) is 72.6 Å². The third kappa shape index (κ3) is 2.74. The first kappa shape index (κ1) is 11.7. The molecule has 0 spiro atoms. The summed E-state index contributed by atoms with van der Waals surface area (Å²) in [7, 11) is 0. The number of pyridine rings is 1. The zero-order chi connectivity index (χ0) is 12.9. The Hall–Kier alpha value is -2.35. The van der Waals surface area contributed by atoms with Gasteiger partial charge in [-0.3, -0.25) is 4.98 Å². The lowest BCUT2D eigenvalue weighted by Crippen LogP contribution is -2.01. The first-order valence-corrected chi connectivity index (χ1v) is 6.43. The quantitative estimate of drug-likeness (QED) is 0.700. The van der Waals surface area contributed by atoms with Gasteiger partial charge in [0.1, 0.15) is 5.75 Å². The minimum absolute atomic E-state index is 0.686. The van der Waals surface area contributed by atoms with E-state index >= 15 is 0 Å². The number of benzene rings is 2. The number of aromatic nitrogens is 1. The fourth-order valence-corrected chi connectivity index (χ4v) is 2.14. The minimum Gasteiger partial charge on any atom is -0.493 e. The number of fused-ring (bicyclic) bond motifs is 1. The first-order chi connectivity index (χ1) is 9.43. The third-order valence-corrected chi connectivity index (χ3v) is 3.13. The van der Waals surface area contributed by atoms with Gasteiger partial charge >= 0.3 is 0 Å². The zero-order valence-corrected chi connectivity index (χ0v) is 10.6.